The molecule has 0 saturated heterocycles. The van der Waals surface area contributed by atoms with Crippen LogP contribution in [0.2, 0.25) is 0 Å². The molecule has 3 nitrogen and oxygen atoms in total. The standard InChI is InChI=1S/C29H49NO2/c1-18(2)8-7-9-19(3)23-10-11-24-22-17-27(30)26-16-21(32-20(4)31)12-14-29(26,6)25(22)13-15-28(23,24)5/h18-19,21-26,30H,7-17H2,1-6H3/t19-,21+,22+,23-,24+,25+,26-,28-,29-/m1/s1. The second-order valence-electron chi connectivity index (χ2n) is 13.2. The average molecular weight is 444 g/mol. The number of rotatable bonds is 6. The van der Waals surface area contributed by atoms with Gasteiger partial charge in [0.2, 0.25) is 0 Å². The van der Waals surface area contributed by atoms with Crippen LogP contribution in [-0.4, -0.2) is 17.8 Å². The SMILES string of the molecule is CC(=O)O[C@H]1CC[C@@]2(C)[C@H](C1)C(=N)C[C@@H]1[C@@H]2CC[C@]2(C)[C@@H]([C@H](C)CCCC(C)C)CC[C@@H]12. The predicted octanol–water partition coefficient (Wildman–Crippen LogP) is 7.67. The van der Waals surface area contributed by atoms with Crippen molar-refractivity contribution in [3.8, 4) is 0 Å². The Morgan fingerprint density at radius 2 is 1.72 bits per heavy atom. The quantitative estimate of drug-likeness (QED) is 0.428. The van der Waals surface area contributed by atoms with Gasteiger partial charge in [-0.1, -0.05) is 53.9 Å². The van der Waals surface area contributed by atoms with Crippen molar-refractivity contribution in [2.45, 2.75) is 118 Å². The normalized spacial score (nSPS) is 44.5. The van der Waals surface area contributed by atoms with Gasteiger partial charge >= 0.3 is 5.97 Å². The monoisotopic (exact) mass is 443 g/mol. The lowest BCUT2D eigenvalue weighted by molar-refractivity contribution is -0.153. The van der Waals surface area contributed by atoms with E-state index in [1.165, 1.54) is 51.9 Å². The van der Waals surface area contributed by atoms with Crippen molar-refractivity contribution >= 4 is 11.7 Å². The van der Waals surface area contributed by atoms with E-state index in [1.807, 2.05) is 0 Å². The van der Waals surface area contributed by atoms with Gasteiger partial charge in [-0.05, 0) is 97.7 Å². The molecule has 0 aromatic carbocycles. The maximum atomic E-state index is 11.5. The topological polar surface area (TPSA) is 50.2 Å². The molecule has 3 heteroatoms. The molecule has 1 N–H and O–H groups in total. The van der Waals surface area contributed by atoms with E-state index in [-0.39, 0.29) is 17.5 Å². The lowest BCUT2D eigenvalue weighted by Crippen LogP contribution is -2.57. The summed E-state index contributed by atoms with van der Waals surface area (Å²) >= 11 is 0. The zero-order chi connectivity index (χ0) is 23.3. The first kappa shape index (κ1) is 24.3. The van der Waals surface area contributed by atoms with Crippen LogP contribution in [0.25, 0.3) is 0 Å². The molecule has 4 fully saturated rings. The molecule has 4 saturated carbocycles. The number of hydrogen-bond donors (Lipinski definition) is 1. The minimum atomic E-state index is -0.160. The summed E-state index contributed by atoms with van der Waals surface area (Å²) in [5, 5.41) is 9.07. The third kappa shape index (κ3) is 4.20. The van der Waals surface area contributed by atoms with Gasteiger partial charge in [-0.15, -0.1) is 0 Å². The van der Waals surface area contributed by atoms with Gasteiger partial charge in [-0.3, -0.25) is 4.79 Å². The van der Waals surface area contributed by atoms with Gasteiger partial charge < -0.3 is 10.1 Å². The summed E-state index contributed by atoms with van der Waals surface area (Å²) in [7, 11) is 0. The maximum absolute atomic E-state index is 11.5. The minimum absolute atomic E-state index is 0.0267. The highest BCUT2D eigenvalue weighted by molar-refractivity contribution is 5.86. The highest BCUT2D eigenvalue weighted by atomic mass is 16.5. The molecule has 0 aliphatic heterocycles. The summed E-state index contributed by atoms with van der Waals surface area (Å²) in [6, 6.07) is 0. The van der Waals surface area contributed by atoms with Gasteiger partial charge in [-0.25, -0.2) is 0 Å². The van der Waals surface area contributed by atoms with Gasteiger partial charge in [0.1, 0.15) is 6.10 Å². The summed E-state index contributed by atoms with van der Waals surface area (Å²) in [5.74, 6) is 4.97. The smallest absolute Gasteiger partial charge is 0.302 e. The van der Waals surface area contributed by atoms with E-state index in [0.29, 0.717) is 17.3 Å². The second kappa shape index (κ2) is 9.06. The van der Waals surface area contributed by atoms with E-state index < -0.39 is 0 Å². The summed E-state index contributed by atoms with van der Waals surface area (Å²) in [5.41, 5.74) is 1.69. The van der Waals surface area contributed by atoms with Crippen molar-refractivity contribution in [1.29, 1.82) is 5.41 Å². The Morgan fingerprint density at radius 1 is 1.03 bits per heavy atom. The molecule has 9 atom stereocenters. The third-order valence-electron chi connectivity index (χ3n) is 11.0. The van der Waals surface area contributed by atoms with Crippen LogP contribution < -0.4 is 0 Å². The Labute approximate surface area is 197 Å². The van der Waals surface area contributed by atoms with Gasteiger partial charge in [0, 0.05) is 18.6 Å². The Bertz CT molecular complexity index is 716. The lowest BCUT2D eigenvalue weighted by atomic mass is 9.44. The Hall–Kier alpha value is -0.860. The number of hydrogen-bond acceptors (Lipinski definition) is 3. The molecule has 0 spiro atoms. The van der Waals surface area contributed by atoms with Crippen molar-refractivity contribution in [1.82, 2.24) is 0 Å². The molecule has 0 aromatic heterocycles. The van der Waals surface area contributed by atoms with Gasteiger partial charge in [0.05, 0.1) is 0 Å². The third-order valence-corrected chi connectivity index (χ3v) is 11.0. The molecule has 0 bridgehead atoms. The highest BCUT2D eigenvalue weighted by Crippen LogP contribution is 2.68. The molecular weight excluding hydrogens is 394 g/mol. The van der Waals surface area contributed by atoms with Crippen LogP contribution >= 0.6 is 0 Å². The largest absolute Gasteiger partial charge is 0.463 e. The van der Waals surface area contributed by atoms with Crippen molar-refractivity contribution in [2.24, 2.45) is 52.3 Å². The van der Waals surface area contributed by atoms with Crippen LogP contribution in [0.1, 0.15) is 112 Å². The number of nitrogens with one attached hydrogen (secondary N) is 1. The van der Waals surface area contributed by atoms with Crippen molar-refractivity contribution in [3.63, 3.8) is 0 Å². The van der Waals surface area contributed by atoms with E-state index >= 15 is 0 Å². The molecule has 4 aliphatic rings. The molecule has 4 aliphatic carbocycles. The summed E-state index contributed by atoms with van der Waals surface area (Å²) in [4.78, 5) is 11.5. The summed E-state index contributed by atoms with van der Waals surface area (Å²) < 4.78 is 5.61. The molecule has 0 aromatic rings. The summed E-state index contributed by atoms with van der Waals surface area (Å²) in [6.07, 6.45) is 13.7. The van der Waals surface area contributed by atoms with Crippen LogP contribution in [-0.2, 0) is 9.53 Å². The molecule has 182 valence electrons. The number of fused-ring (bicyclic) bond motifs is 5. The van der Waals surface area contributed by atoms with Gasteiger partial charge in [-0.2, -0.15) is 0 Å². The number of carbonyl (C=O) groups is 1. The summed E-state index contributed by atoms with van der Waals surface area (Å²) in [6.45, 7) is 13.9. The number of carbonyl (C=O) groups excluding carboxylic acids is 1. The number of esters is 1. The van der Waals surface area contributed by atoms with E-state index in [2.05, 4.69) is 34.6 Å². The van der Waals surface area contributed by atoms with Crippen LogP contribution in [0.5, 0.6) is 0 Å². The fourth-order valence-electron chi connectivity index (χ4n) is 9.43. The van der Waals surface area contributed by atoms with Crippen molar-refractivity contribution < 1.29 is 9.53 Å². The second-order valence-corrected chi connectivity index (χ2v) is 13.2. The van der Waals surface area contributed by atoms with E-state index in [4.69, 9.17) is 10.1 Å². The first-order valence-electron chi connectivity index (χ1n) is 13.8. The minimum Gasteiger partial charge on any atom is -0.463 e. The molecular formula is C29H49NO2. The fraction of sp³-hybridized carbons (Fsp3) is 0.931. The molecule has 32 heavy (non-hydrogen) atoms. The van der Waals surface area contributed by atoms with E-state index in [1.54, 1.807) is 0 Å². The van der Waals surface area contributed by atoms with Crippen LogP contribution in [0.15, 0.2) is 0 Å². The van der Waals surface area contributed by atoms with E-state index in [0.717, 1.165) is 61.0 Å². The Kier molecular flexibility index (Phi) is 6.87. The van der Waals surface area contributed by atoms with Crippen molar-refractivity contribution in [3.05, 3.63) is 0 Å². The van der Waals surface area contributed by atoms with E-state index in [9.17, 15) is 4.79 Å². The molecule has 0 heterocycles. The molecule has 0 unspecified atom stereocenters. The number of ether oxygens (including phenoxy) is 1. The molecule has 0 amide bonds. The zero-order valence-corrected chi connectivity index (χ0v) is 21.7. The first-order valence-corrected chi connectivity index (χ1v) is 13.8. The zero-order valence-electron chi connectivity index (χ0n) is 21.7. The highest BCUT2D eigenvalue weighted by Gasteiger charge is 2.61. The lowest BCUT2D eigenvalue weighted by Gasteiger charge is -2.61. The Balaban J connectivity index is 1.48. The van der Waals surface area contributed by atoms with Crippen LogP contribution in [0, 0.1) is 57.7 Å². The van der Waals surface area contributed by atoms with Crippen LogP contribution in [0.4, 0.5) is 0 Å². The van der Waals surface area contributed by atoms with Crippen LogP contribution in [0.3, 0.4) is 0 Å². The molecule has 4 rings (SSSR count). The maximum Gasteiger partial charge on any atom is 0.302 e. The fourth-order valence-corrected chi connectivity index (χ4v) is 9.43. The van der Waals surface area contributed by atoms with Gasteiger partial charge in [0.25, 0.3) is 0 Å². The van der Waals surface area contributed by atoms with Crippen molar-refractivity contribution in [2.75, 3.05) is 0 Å². The first-order chi connectivity index (χ1) is 15.1. The predicted molar refractivity (Wildman–Crippen MR) is 132 cm³/mol. The average Bonchev–Trinajstić information content (AvgIpc) is 3.06. The Morgan fingerprint density at radius 3 is 2.41 bits per heavy atom. The molecule has 0 radical (unpaired) electrons. The van der Waals surface area contributed by atoms with Gasteiger partial charge in [0.15, 0.2) is 0 Å².